The van der Waals surface area contributed by atoms with Gasteiger partial charge in [-0.25, -0.2) is 0 Å². The second-order valence-electron chi connectivity index (χ2n) is 12.8. The second kappa shape index (κ2) is 13.8. The predicted molar refractivity (Wildman–Crippen MR) is 186 cm³/mol. The molecule has 0 spiro atoms. The number of hydrogen-bond donors (Lipinski definition) is 1. The standard InChI is InChI=1S/C41H45N3/c1-5-14-31(15-6-1)37-22-13-23-38(44-41(43-37)35-20-11-4-12-21-35)33-26-24-30(25-27-33)36-28-29-39(32-16-7-2-8-17-32)42-40(36)34-18-9-3-10-19-34/h1-5,7,9,11-12,14,16,18,20-22,24,26,28,30,33,39,41,43H,6,8,10,13,15,17,19,23,25,27,29H2/b37-22-,44-38+. The van der Waals surface area contributed by atoms with Crippen molar-refractivity contribution < 1.29 is 0 Å². The maximum atomic E-state index is 5.47. The smallest absolute Gasteiger partial charge is 0.144 e. The van der Waals surface area contributed by atoms with Gasteiger partial charge in [0.15, 0.2) is 0 Å². The van der Waals surface area contributed by atoms with Crippen LogP contribution in [0.3, 0.4) is 0 Å². The normalized spacial score (nSPS) is 31.0. The average Bonchev–Trinajstić information content (AvgIpc) is 3.10. The van der Waals surface area contributed by atoms with Gasteiger partial charge in [-0.1, -0.05) is 109 Å². The van der Waals surface area contributed by atoms with Crippen molar-refractivity contribution in [3.63, 3.8) is 0 Å². The van der Waals surface area contributed by atoms with E-state index in [1.165, 1.54) is 45.0 Å². The molecule has 3 nitrogen and oxygen atoms in total. The first-order chi connectivity index (χ1) is 21.8. The van der Waals surface area contributed by atoms with E-state index in [2.05, 4.69) is 115 Å². The molecular formula is C41H45N3. The van der Waals surface area contributed by atoms with Crippen molar-refractivity contribution in [2.45, 2.75) is 82.8 Å². The Morgan fingerprint density at radius 2 is 1.39 bits per heavy atom. The van der Waals surface area contributed by atoms with Gasteiger partial charge in [-0.05, 0) is 98.5 Å². The molecule has 7 rings (SSSR count). The highest BCUT2D eigenvalue weighted by molar-refractivity contribution is 6.13. The quantitative estimate of drug-likeness (QED) is 0.335. The fourth-order valence-corrected chi connectivity index (χ4v) is 7.46. The Bertz CT molecular complexity index is 1570. The Morgan fingerprint density at radius 1 is 0.659 bits per heavy atom. The summed E-state index contributed by atoms with van der Waals surface area (Å²) in [7, 11) is 0. The van der Waals surface area contributed by atoms with E-state index in [4.69, 9.17) is 9.98 Å². The number of allylic oxidation sites excluding steroid dienone is 15. The number of benzene rings is 1. The molecule has 0 saturated heterocycles. The van der Waals surface area contributed by atoms with E-state index < -0.39 is 0 Å². The lowest BCUT2D eigenvalue weighted by molar-refractivity contribution is 0.549. The number of rotatable bonds is 6. The summed E-state index contributed by atoms with van der Waals surface area (Å²) in [5, 5.41) is 3.85. The van der Waals surface area contributed by atoms with Crippen LogP contribution in [0.5, 0.6) is 0 Å². The van der Waals surface area contributed by atoms with Crippen LogP contribution < -0.4 is 5.32 Å². The summed E-state index contributed by atoms with van der Waals surface area (Å²) in [5.41, 5.74) is 10.8. The zero-order valence-electron chi connectivity index (χ0n) is 25.9. The Morgan fingerprint density at radius 3 is 2.09 bits per heavy atom. The van der Waals surface area contributed by atoms with Crippen molar-refractivity contribution in [3.8, 4) is 0 Å². The first-order valence-corrected chi connectivity index (χ1v) is 16.9. The summed E-state index contributed by atoms with van der Waals surface area (Å²) in [4.78, 5) is 10.9. The number of aliphatic imine (C=N–C) groups is 2. The molecule has 2 heterocycles. The molecule has 1 aromatic carbocycles. The SMILES string of the molecule is C1=CCCC(C2=NC(C3=CC=CCC3)CC=C2C2C=CC(/C3=N/C(c4ccccc4)N/C(C4=CC=CCC4)=C\CC3)CC2)=C1. The Hall–Kier alpha value is -3.98. The summed E-state index contributed by atoms with van der Waals surface area (Å²) >= 11 is 0. The third kappa shape index (κ3) is 6.58. The number of nitrogens with one attached hydrogen (secondary N) is 1. The van der Waals surface area contributed by atoms with E-state index in [-0.39, 0.29) is 12.2 Å². The van der Waals surface area contributed by atoms with Crippen LogP contribution in [-0.4, -0.2) is 17.5 Å². The van der Waals surface area contributed by atoms with Crippen molar-refractivity contribution in [1.29, 1.82) is 0 Å². The highest BCUT2D eigenvalue weighted by atomic mass is 15.1. The molecule has 4 aliphatic carbocycles. The molecule has 44 heavy (non-hydrogen) atoms. The zero-order valence-corrected chi connectivity index (χ0v) is 25.9. The Balaban J connectivity index is 1.12. The van der Waals surface area contributed by atoms with Crippen LogP contribution in [0.15, 0.2) is 147 Å². The van der Waals surface area contributed by atoms with Crippen LogP contribution in [0, 0.1) is 11.8 Å². The van der Waals surface area contributed by atoms with Gasteiger partial charge in [0.25, 0.3) is 0 Å². The van der Waals surface area contributed by atoms with Crippen LogP contribution >= 0.6 is 0 Å². The van der Waals surface area contributed by atoms with Crippen molar-refractivity contribution in [2.75, 3.05) is 0 Å². The number of hydrogen-bond acceptors (Lipinski definition) is 3. The third-order valence-electron chi connectivity index (χ3n) is 9.91. The minimum atomic E-state index is -0.0670. The van der Waals surface area contributed by atoms with E-state index in [0.717, 1.165) is 70.6 Å². The minimum Gasteiger partial charge on any atom is -0.360 e. The highest BCUT2D eigenvalue weighted by Crippen LogP contribution is 2.37. The van der Waals surface area contributed by atoms with Gasteiger partial charge >= 0.3 is 0 Å². The first kappa shape index (κ1) is 28.8. The fourth-order valence-electron chi connectivity index (χ4n) is 7.46. The summed E-state index contributed by atoms with van der Waals surface area (Å²) in [6.07, 6.45) is 42.2. The van der Waals surface area contributed by atoms with Crippen molar-refractivity contribution >= 4 is 11.4 Å². The van der Waals surface area contributed by atoms with E-state index >= 15 is 0 Å². The van der Waals surface area contributed by atoms with Crippen LogP contribution in [-0.2, 0) is 0 Å². The van der Waals surface area contributed by atoms with Crippen molar-refractivity contribution in [2.24, 2.45) is 21.8 Å². The van der Waals surface area contributed by atoms with Crippen LogP contribution in [0.2, 0.25) is 0 Å². The molecule has 4 atom stereocenters. The van der Waals surface area contributed by atoms with Gasteiger partial charge < -0.3 is 5.32 Å². The molecule has 0 bridgehead atoms. The predicted octanol–water partition coefficient (Wildman–Crippen LogP) is 9.94. The molecule has 0 radical (unpaired) electrons. The molecule has 3 heteroatoms. The lowest BCUT2D eigenvalue weighted by Crippen LogP contribution is -2.28. The summed E-state index contributed by atoms with van der Waals surface area (Å²) in [5.74, 6) is 0.812. The van der Waals surface area contributed by atoms with E-state index in [1.54, 1.807) is 0 Å². The Labute approximate surface area is 263 Å². The molecular weight excluding hydrogens is 534 g/mol. The van der Waals surface area contributed by atoms with E-state index in [9.17, 15) is 0 Å². The highest BCUT2D eigenvalue weighted by Gasteiger charge is 2.30. The van der Waals surface area contributed by atoms with Crippen LogP contribution in [0.4, 0.5) is 0 Å². The monoisotopic (exact) mass is 579 g/mol. The van der Waals surface area contributed by atoms with Gasteiger partial charge in [-0.2, -0.15) is 0 Å². The zero-order chi connectivity index (χ0) is 29.6. The molecule has 224 valence electrons. The molecule has 4 unspecified atom stereocenters. The summed E-state index contributed by atoms with van der Waals surface area (Å²) < 4.78 is 0. The van der Waals surface area contributed by atoms with Crippen LogP contribution in [0.25, 0.3) is 0 Å². The minimum absolute atomic E-state index is 0.0670. The molecule has 1 N–H and O–H groups in total. The molecule has 2 aliphatic heterocycles. The molecule has 0 fully saturated rings. The van der Waals surface area contributed by atoms with Gasteiger partial charge in [-0.3, -0.25) is 9.98 Å². The van der Waals surface area contributed by atoms with Gasteiger partial charge in [0, 0.05) is 23.2 Å². The Kier molecular flexibility index (Phi) is 9.00. The molecule has 6 aliphatic rings. The van der Waals surface area contributed by atoms with Gasteiger partial charge in [0.1, 0.15) is 6.17 Å². The largest absolute Gasteiger partial charge is 0.360 e. The topological polar surface area (TPSA) is 36.8 Å². The van der Waals surface area contributed by atoms with Gasteiger partial charge in [0.2, 0.25) is 0 Å². The average molecular weight is 580 g/mol. The number of dihydropyridines is 1. The summed E-state index contributed by atoms with van der Waals surface area (Å²) in [6, 6.07) is 11.0. The first-order valence-electron chi connectivity index (χ1n) is 16.9. The molecule has 1 aromatic rings. The number of nitrogens with zero attached hydrogens (tertiary/aromatic N) is 2. The fraction of sp³-hybridized carbons (Fsp3) is 0.366. The summed E-state index contributed by atoms with van der Waals surface area (Å²) in [6.45, 7) is 0. The molecule has 0 aromatic heterocycles. The maximum absolute atomic E-state index is 5.47. The second-order valence-corrected chi connectivity index (χ2v) is 12.8. The van der Waals surface area contributed by atoms with Crippen molar-refractivity contribution in [3.05, 3.63) is 143 Å². The van der Waals surface area contributed by atoms with E-state index in [1.807, 2.05) is 0 Å². The lowest BCUT2D eigenvalue weighted by Gasteiger charge is -2.32. The van der Waals surface area contributed by atoms with E-state index in [0.29, 0.717) is 11.8 Å². The van der Waals surface area contributed by atoms with Crippen molar-refractivity contribution in [1.82, 2.24) is 5.32 Å². The molecule has 0 saturated carbocycles. The van der Waals surface area contributed by atoms with Gasteiger partial charge in [-0.15, -0.1) is 0 Å². The molecule has 0 amide bonds. The maximum Gasteiger partial charge on any atom is 0.144 e. The van der Waals surface area contributed by atoms with Gasteiger partial charge in [0.05, 0.1) is 11.8 Å². The van der Waals surface area contributed by atoms with Crippen LogP contribution in [0.1, 0.15) is 82.4 Å². The lowest BCUT2D eigenvalue weighted by atomic mass is 9.76. The third-order valence-corrected chi connectivity index (χ3v) is 9.91.